The summed E-state index contributed by atoms with van der Waals surface area (Å²) in [7, 11) is 0. The highest BCUT2D eigenvalue weighted by molar-refractivity contribution is 6.33. The van der Waals surface area contributed by atoms with E-state index in [0.717, 1.165) is 42.0 Å². The molecular formula is C30H34ClN3O2. The number of aromatic nitrogens is 2. The van der Waals surface area contributed by atoms with Gasteiger partial charge in [-0.05, 0) is 67.1 Å². The molecule has 0 unspecified atom stereocenters. The lowest BCUT2D eigenvalue weighted by Gasteiger charge is -2.15. The zero-order valence-corrected chi connectivity index (χ0v) is 22.0. The predicted octanol–water partition coefficient (Wildman–Crippen LogP) is 6.95. The van der Waals surface area contributed by atoms with E-state index in [1.165, 1.54) is 11.1 Å². The molecule has 0 spiro atoms. The summed E-state index contributed by atoms with van der Waals surface area (Å²) >= 11 is 6.16. The average molecular weight is 504 g/mol. The number of carbonyl (C=O) groups excluding carboxylic acids is 1. The van der Waals surface area contributed by atoms with Gasteiger partial charge in [-0.3, -0.25) is 4.79 Å². The summed E-state index contributed by atoms with van der Waals surface area (Å²) in [4.78, 5) is 17.4. The van der Waals surface area contributed by atoms with Gasteiger partial charge in [0.2, 0.25) is 0 Å². The number of unbranched alkanes of at least 4 members (excludes halogenated alkanes) is 1. The Hall–Kier alpha value is -3.31. The van der Waals surface area contributed by atoms with Crippen LogP contribution in [0.3, 0.4) is 0 Å². The van der Waals surface area contributed by atoms with Crippen LogP contribution in [-0.4, -0.2) is 28.6 Å². The van der Waals surface area contributed by atoms with Gasteiger partial charge in [-0.2, -0.15) is 0 Å². The van der Waals surface area contributed by atoms with E-state index >= 15 is 0 Å². The molecule has 188 valence electrons. The number of benzene rings is 3. The fraction of sp³-hybridized carbons (Fsp3) is 0.333. The van der Waals surface area contributed by atoms with Crippen molar-refractivity contribution in [3.63, 3.8) is 0 Å². The van der Waals surface area contributed by atoms with Crippen molar-refractivity contribution >= 4 is 28.5 Å². The van der Waals surface area contributed by atoms with Gasteiger partial charge >= 0.3 is 0 Å². The lowest BCUT2D eigenvalue weighted by Crippen LogP contribution is -2.26. The van der Waals surface area contributed by atoms with Crippen LogP contribution in [0.1, 0.15) is 59.9 Å². The van der Waals surface area contributed by atoms with Crippen LogP contribution in [0.5, 0.6) is 5.75 Å². The highest BCUT2D eigenvalue weighted by atomic mass is 35.5. The fourth-order valence-corrected chi connectivity index (χ4v) is 4.61. The molecule has 6 heteroatoms. The quantitative estimate of drug-likeness (QED) is 0.225. The van der Waals surface area contributed by atoms with Crippen LogP contribution in [0.25, 0.3) is 11.0 Å². The summed E-state index contributed by atoms with van der Waals surface area (Å²) in [6.07, 6.45) is 2.56. The van der Waals surface area contributed by atoms with Crippen molar-refractivity contribution in [2.24, 2.45) is 0 Å². The number of fused-ring (bicyclic) bond motifs is 1. The fourth-order valence-electron chi connectivity index (χ4n) is 4.39. The molecular weight excluding hydrogens is 470 g/mol. The van der Waals surface area contributed by atoms with Crippen molar-refractivity contribution in [3.05, 3.63) is 94.3 Å². The van der Waals surface area contributed by atoms with Gasteiger partial charge in [0.05, 0.1) is 28.2 Å². The average Bonchev–Trinajstić information content (AvgIpc) is 3.21. The highest BCUT2D eigenvalue weighted by Crippen LogP contribution is 2.27. The molecule has 0 saturated heterocycles. The molecule has 0 bridgehead atoms. The summed E-state index contributed by atoms with van der Waals surface area (Å²) in [6.45, 7) is 8.50. The lowest BCUT2D eigenvalue weighted by atomic mass is 10.0. The Balaban J connectivity index is 1.35. The molecule has 0 atom stereocenters. The Morgan fingerprint density at radius 2 is 1.83 bits per heavy atom. The Morgan fingerprint density at radius 1 is 1.06 bits per heavy atom. The number of ether oxygens (including phenoxy) is 1. The molecule has 1 N–H and O–H groups in total. The third-order valence-electron chi connectivity index (χ3n) is 6.31. The molecule has 5 nitrogen and oxygen atoms in total. The first-order valence-electron chi connectivity index (χ1n) is 12.6. The van der Waals surface area contributed by atoms with Gasteiger partial charge in [-0.1, -0.05) is 61.8 Å². The molecule has 1 aromatic heterocycles. The first kappa shape index (κ1) is 25.8. The van der Waals surface area contributed by atoms with Crippen molar-refractivity contribution in [2.45, 2.75) is 52.5 Å². The van der Waals surface area contributed by atoms with Gasteiger partial charge in [0.1, 0.15) is 11.6 Å². The number of nitrogens with zero attached hydrogens (tertiary/aromatic N) is 2. The van der Waals surface area contributed by atoms with E-state index in [4.69, 9.17) is 21.3 Å². The Bertz CT molecular complexity index is 1330. The SMILES string of the molecule is Cc1ccc(C(C)C)c(OCCCCn2c(CCNC(=O)c3ccccc3Cl)nc3ccccc32)c1. The first-order valence-corrected chi connectivity index (χ1v) is 13.0. The third kappa shape index (κ3) is 6.27. The van der Waals surface area contributed by atoms with Gasteiger partial charge < -0.3 is 14.6 Å². The second-order valence-electron chi connectivity index (χ2n) is 9.41. The summed E-state index contributed by atoms with van der Waals surface area (Å²) in [6, 6.07) is 21.7. The van der Waals surface area contributed by atoms with Crippen LogP contribution in [0, 0.1) is 6.92 Å². The molecule has 0 aliphatic rings. The molecule has 3 aromatic carbocycles. The Kier molecular flexibility index (Phi) is 8.65. The predicted molar refractivity (Wildman–Crippen MR) is 147 cm³/mol. The maximum Gasteiger partial charge on any atom is 0.252 e. The Labute approximate surface area is 218 Å². The molecule has 4 aromatic rings. The van der Waals surface area contributed by atoms with E-state index in [0.29, 0.717) is 36.1 Å². The number of aryl methyl sites for hydroxylation is 2. The van der Waals surface area contributed by atoms with Crippen molar-refractivity contribution in [1.82, 2.24) is 14.9 Å². The molecule has 0 fully saturated rings. The molecule has 0 aliphatic carbocycles. The van der Waals surface area contributed by atoms with Gasteiger partial charge in [0.25, 0.3) is 5.91 Å². The summed E-state index contributed by atoms with van der Waals surface area (Å²) < 4.78 is 8.44. The molecule has 36 heavy (non-hydrogen) atoms. The number of hydrogen-bond donors (Lipinski definition) is 1. The van der Waals surface area contributed by atoms with Crippen LogP contribution < -0.4 is 10.1 Å². The molecule has 0 aliphatic heterocycles. The molecule has 1 amide bonds. The topological polar surface area (TPSA) is 56.1 Å². The van der Waals surface area contributed by atoms with Gasteiger partial charge in [-0.25, -0.2) is 4.98 Å². The zero-order chi connectivity index (χ0) is 25.5. The molecule has 0 saturated carbocycles. The molecule has 1 heterocycles. The van der Waals surface area contributed by atoms with Crippen LogP contribution in [0.4, 0.5) is 0 Å². The van der Waals surface area contributed by atoms with E-state index in [-0.39, 0.29) is 5.91 Å². The highest BCUT2D eigenvalue weighted by Gasteiger charge is 2.13. The minimum Gasteiger partial charge on any atom is -0.493 e. The van der Waals surface area contributed by atoms with Crippen LogP contribution in [-0.2, 0) is 13.0 Å². The van der Waals surface area contributed by atoms with E-state index in [2.05, 4.69) is 54.9 Å². The van der Waals surface area contributed by atoms with Gasteiger partial charge in [0, 0.05) is 19.5 Å². The maximum absolute atomic E-state index is 12.5. The number of carbonyl (C=O) groups is 1. The number of para-hydroxylation sites is 2. The normalized spacial score (nSPS) is 11.2. The van der Waals surface area contributed by atoms with E-state index < -0.39 is 0 Å². The van der Waals surface area contributed by atoms with E-state index in [9.17, 15) is 4.79 Å². The maximum atomic E-state index is 12.5. The van der Waals surface area contributed by atoms with Crippen molar-refractivity contribution in [3.8, 4) is 5.75 Å². The van der Waals surface area contributed by atoms with Crippen molar-refractivity contribution < 1.29 is 9.53 Å². The first-order chi connectivity index (χ1) is 17.4. The minimum atomic E-state index is -0.169. The number of hydrogen-bond acceptors (Lipinski definition) is 3. The summed E-state index contributed by atoms with van der Waals surface area (Å²) in [5.41, 5.74) is 5.05. The van der Waals surface area contributed by atoms with Crippen molar-refractivity contribution in [2.75, 3.05) is 13.2 Å². The zero-order valence-electron chi connectivity index (χ0n) is 21.3. The molecule has 4 rings (SSSR count). The molecule has 0 radical (unpaired) electrons. The second kappa shape index (κ2) is 12.1. The lowest BCUT2D eigenvalue weighted by molar-refractivity contribution is 0.0954. The minimum absolute atomic E-state index is 0.169. The van der Waals surface area contributed by atoms with Crippen LogP contribution >= 0.6 is 11.6 Å². The van der Waals surface area contributed by atoms with Crippen LogP contribution in [0.2, 0.25) is 5.02 Å². The number of imidazole rings is 1. The largest absolute Gasteiger partial charge is 0.493 e. The van der Waals surface area contributed by atoms with Gasteiger partial charge in [0.15, 0.2) is 0 Å². The number of rotatable bonds is 11. The van der Waals surface area contributed by atoms with Crippen LogP contribution in [0.15, 0.2) is 66.7 Å². The summed E-state index contributed by atoms with van der Waals surface area (Å²) in [5.74, 6) is 2.22. The summed E-state index contributed by atoms with van der Waals surface area (Å²) in [5, 5.41) is 3.43. The van der Waals surface area contributed by atoms with E-state index in [1.807, 2.05) is 30.3 Å². The number of nitrogens with one attached hydrogen (secondary N) is 1. The second-order valence-corrected chi connectivity index (χ2v) is 9.81. The van der Waals surface area contributed by atoms with E-state index in [1.54, 1.807) is 12.1 Å². The van der Waals surface area contributed by atoms with Crippen molar-refractivity contribution in [1.29, 1.82) is 0 Å². The Morgan fingerprint density at radius 3 is 2.64 bits per heavy atom. The number of amides is 1. The smallest absolute Gasteiger partial charge is 0.252 e. The third-order valence-corrected chi connectivity index (χ3v) is 6.64. The number of halogens is 1. The van der Waals surface area contributed by atoms with Gasteiger partial charge in [-0.15, -0.1) is 0 Å². The monoisotopic (exact) mass is 503 g/mol. The standard InChI is InChI=1S/C30H34ClN3O2/c1-21(2)23-15-14-22(3)20-28(23)36-19-9-8-18-34-27-13-7-6-12-26(27)33-29(34)16-17-32-30(35)24-10-4-5-11-25(24)31/h4-7,10-15,20-21H,8-9,16-19H2,1-3H3,(H,32,35).